The Bertz CT molecular complexity index is 1830. The molecule has 4 aromatic carbocycles. The van der Waals surface area contributed by atoms with Gasteiger partial charge in [0.05, 0.1) is 18.0 Å². The zero-order valence-electron chi connectivity index (χ0n) is 24.2. The second-order valence-corrected chi connectivity index (χ2v) is 10.6. The van der Waals surface area contributed by atoms with Crippen molar-refractivity contribution >= 4 is 17.9 Å². The standard InChI is InChI=1S/C35H29F2N7O/c36-28-12-8-26(9-13-28)33(27-10-14-29(37)15-11-27)44-20-18-43(19-21-44)30-16-6-24(7-17-30)23-39-42-35-40-32(25-4-2-1-3-5-25)31(22-38)34(45)41-35/h1-17,23,33H,18-21H2,(H2,40,41,42,45). The summed E-state index contributed by atoms with van der Waals surface area (Å²) in [6.07, 6.45) is 1.62. The molecule has 224 valence electrons. The van der Waals surface area contributed by atoms with E-state index in [1.807, 2.05) is 48.5 Å². The summed E-state index contributed by atoms with van der Waals surface area (Å²) in [5.41, 5.74) is 6.94. The number of hydrazone groups is 1. The molecule has 2 heterocycles. The van der Waals surface area contributed by atoms with Gasteiger partial charge in [0.1, 0.15) is 23.3 Å². The Morgan fingerprint density at radius 1 is 0.844 bits per heavy atom. The molecule has 6 rings (SSSR count). The van der Waals surface area contributed by atoms with E-state index in [-0.39, 0.29) is 34.9 Å². The molecule has 0 unspecified atom stereocenters. The molecule has 0 spiro atoms. The van der Waals surface area contributed by atoms with E-state index in [1.54, 1.807) is 42.6 Å². The zero-order chi connectivity index (χ0) is 31.2. The minimum absolute atomic E-state index is 0.0615. The average molecular weight is 602 g/mol. The van der Waals surface area contributed by atoms with Crippen LogP contribution in [0.15, 0.2) is 113 Å². The predicted octanol–water partition coefficient (Wildman–Crippen LogP) is 5.94. The topological polar surface area (TPSA) is 100 Å². The number of benzene rings is 4. The molecular weight excluding hydrogens is 572 g/mol. The van der Waals surface area contributed by atoms with Gasteiger partial charge in [0.2, 0.25) is 5.95 Å². The van der Waals surface area contributed by atoms with Crippen LogP contribution in [0.25, 0.3) is 11.3 Å². The summed E-state index contributed by atoms with van der Waals surface area (Å²) in [5.74, 6) is -0.448. The first-order valence-electron chi connectivity index (χ1n) is 14.5. The number of nitriles is 1. The van der Waals surface area contributed by atoms with Gasteiger partial charge in [-0.3, -0.25) is 14.7 Å². The van der Waals surface area contributed by atoms with E-state index in [0.29, 0.717) is 5.56 Å². The molecule has 0 amide bonds. The van der Waals surface area contributed by atoms with Crippen LogP contribution < -0.4 is 15.9 Å². The molecular formula is C35H29F2N7O. The van der Waals surface area contributed by atoms with Crippen LogP contribution in [0.5, 0.6) is 0 Å². The molecule has 0 radical (unpaired) electrons. The predicted molar refractivity (Wildman–Crippen MR) is 171 cm³/mol. The molecule has 1 saturated heterocycles. The Hall–Kier alpha value is -5.66. The number of H-pyrrole nitrogens is 1. The first-order valence-corrected chi connectivity index (χ1v) is 14.5. The minimum atomic E-state index is -0.546. The number of hydrogen-bond acceptors (Lipinski definition) is 7. The molecule has 45 heavy (non-hydrogen) atoms. The van der Waals surface area contributed by atoms with E-state index in [2.05, 4.69) is 30.3 Å². The fraction of sp³-hybridized carbons (Fsp3) is 0.143. The maximum absolute atomic E-state index is 13.7. The molecule has 8 nitrogen and oxygen atoms in total. The number of nitrogens with zero attached hydrogens (tertiary/aromatic N) is 5. The van der Waals surface area contributed by atoms with E-state index in [4.69, 9.17) is 0 Å². The number of aromatic nitrogens is 2. The van der Waals surface area contributed by atoms with Gasteiger partial charge >= 0.3 is 0 Å². The fourth-order valence-electron chi connectivity index (χ4n) is 5.52. The van der Waals surface area contributed by atoms with E-state index in [1.165, 1.54) is 24.3 Å². The van der Waals surface area contributed by atoms with E-state index in [0.717, 1.165) is 48.6 Å². The van der Waals surface area contributed by atoms with Gasteiger partial charge in [0.15, 0.2) is 0 Å². The lowest BCUT2D eigenvalue weighted by molar-refractivity contribution is 0.212. The molecule has 0 saturated carbocycles. The first-order chi connectivity index (χ1) is 22.0. The summed E-state index contributed by atoms with van der Waals surface area (Å²) in [7, 11) is 0. The molecule has 5 aromatic rings. The molecule has 10 heteroatoms. The van der Waals surface area contributed by atoms with Crippen LogP contribution in [0.2, 0.25) is 0 Å². The fourth-order valence-corrected chi connectivity index (χ4v) is 5.52. The van der Waals surface area contributed by atoms with Gasteiger partial charge in [-0.05, 0) is 53.1 Å². The van der Waals surface area contributed by atoms with E-state index < -0.39 is 5.56 Å². The maximum Gasteiger partial charge on any atom is 0.270 e. The summed E-state index contributed by atoms with van der Waals surface area (Å²) in [5, 5.41) is 13.7. The Morgan fingerprint density at radius 3 is 2.02 bits per heavy atom. The average Bonchev–Trinajstić information content (AvgIpc) is 3.07. The van der Waals surface area contributed by atoms with Crippen LogP contribution in [-0.2, 0) is 0 Å². The van der Waals surface area contributed by atoms with Crippen LogP contribution >= 0.6 is 0 Å². The van der Waals surface area contributed by atoms with Crippen molar-refractivity contribution in [2.75, 3.05) is 36.5 Å². The van der Waals surface area contributed by atoms with Crippen LogP contribution in [-0.4, -0.2) is 47.3 Å². The maximum atomic E-state index is 13.7. The van der Waals surface area contributed by atoms with Gasteiger partial charge in [-0.1, -0.05) is 66.7 Å². The lowest BCUT2D eigenvalue weighted by Crippen LogP contribution is -2.48. The summed E-state index contributed by atoms with van der Waals surface area (Å²) in [6, 6.07) is 31.9. The molecule has 1 aromatic heterocycles. The van der Waals surface area contributed by atoms with Gasteiger partial charge in [-0.2, -0.15) is 10.4 Å². The number of halogens is 2. The Labute approximate surface area is 258 Å². The number of aromatic amines is 1. The highest BCUT2D eigenvalue weighted by Gasteiger charge is 2.27. The number of anilines is 2. The van der Waals surface area contributed by atoms with Gasteiger partial charge in [0.25, 0.3) is 5.56 Å². The Kier molecular flexibility index (Phi) is 8.71. The normalized spacial score (nSPS) is 13.7. The summed E-state index contributed by atoms with van der Waals surface area (Å²) in [4.78, 5) is 24.1. The Balaban J connectivity index is 1.10. The molecule has 1 aliphatic heterocycles. The van der Waals surface area contributed by atoms with Crippen molar-refractivity contribution in [3.8, 4) is 17.3 Å². The molecule has 0 bridgehead atoms. The monoisotopic (exact) mass is 601 g/mol. The largest absolute Gasteiger partial charge is 0.369 e. The quantitative estimate of drug-likeness (QED) is 0.169. The number of hydrogen-bond donors (Lipinski definition) is 2. The van der Waals surface area contributed by atoms with Crippen molar-refractivity contribution in [2.45, 2.75) is 6.04 Å². The third kappa shape index (κ3) is 6.79. The van der Waals surface area contributed by atoms with Gasteiger partial charge in [-0.15, -0.1) is 0 Å². The lowest BCUT2D eigenvalue weighted by Gasteiger charge is -2.40. The molecule has 0 aliphatic carbocycles. The first kappa shape index (κ1) is 29.4. The van der Waals surface area contributed by atoms with Crippen LogP contribution in [0.1, 0.15) is 28.3 Å². The Morgan fingerprint density at radius 2 is 1.44 bits per heavy atom. The number of nitrogens with one attached hydrogen (secondary N) is 2. The van der Waals surface area contributed by atoms with Crippen LogP contribution in [0.4, 0.5) is 20.4 Å². The molecule has 0 atom stereocenters. The summed E-state index contributed by atoms with van der Waals surface area (Å²) < 4.78 is 27.3. The van der Waals surface area contributed by atoms with Gasteiger partial charge in [0, 0.05) is 37.4 Å². The second-order valence-electron chi connectivity index (χ2n) is 10.6. The SMILES string of the molecule is N#Cc1c(-c2ccccc2)nc(NN=Cc2ccc(N3CCN(C(c4ccc(F)cc4)c4ccc(F)cc4)CC3)cc2)[nH]c1=O. The highest BCUT2D eigenvalue weighted by atomic mass is 19.1. The van der Waals surface area contributed by atoms with Crippen molar-refractivity contribution in [3.05, 3.63) is 147 Å². The van der Waals surface area contributed by atoms with E-state index in [9.17, 15) is 18.8 Å². The second kappa shape index (κ2) is 13.3. The van der Waals surface area contributed by atoms with Crippen molar-refractivity contribution in [2.24, 2.45) is 5.10 Å². The molecule has 1 fully saturated rings. The zero-order valence-corrected chi connectivity index (χ0v) is 24.2. The number of rotatable bonds is 8. The van der Waals surface area contributed by atoms with Crippen molar-refractivity contribution in [3.63, 3.8) is 0 Å². The van der Waals surface area contributed by atoms with Crippen LogP contribution in [0.3, 0.4) is 0 Å². The third-order valence-electron chi connectivity index (χ3n) is 7.77. The number of piperazine rings is 1. The minimum Gasteiger partial charge on any atom is -0.369 e. The van der Waals surface area contributed by atoms with Crippen molar-refractivity contribution in [1.29, 1.82) is 5.26 Å². The highest BCUT2D eigenvalue weighted by Crippen LogP contribution is 2.31. The third-order valence-corrected chi connectivity index (χ3v) is 7.77. The smallest absolute Gasteiger partial charge is 0.270 e. The van der Waals surface area contributed by atoms with E-state index >= 15 is 0 Å². The summed E-state index contributed by atoms with van der Waals surface area (Å²) in [6.45, 7) is 3.12. The van der Waals surface area contributed by atoms with Gasteiger partial charge < -0.3 is 4.90 Å². The van der Waals surface area contributed by atoms with Gasteiger partial charge in [-0.25, -0.2) is 19.2 Å². The molecule has 1 aliphatic rings. The lowest BCUT2D eigenvalue weighted by atomic mass is 9.96. The van der Waals surface area contributed by atoms with Crippen LogP contribution in [0, 0.1) is 23.0 Å². The van der Waals surface area contributed by atoms with Crippen molar-refractivity contribution < 1.29 is 8.78 Å². The van der Waals surface area contributed by atoms with Crippen molar-refractivity contribution in [1.82, 2.24) is 14.9 Å². The summed E-state index contributed by atoms with van der Waals surface area (Å²) >= 11 is 0. The highest BCUT2D eigenvalue weighted by molar-refractivity contribution is 5.81. The molecule has 2 N–H and O–H groups in total.